The monoisotopic (exact) mass is 190 g/mol. The second-order valence-electron chi connectivity index (χ2n) is 5.36. The standard InChI is InChI=1S/C13H18O/c1-2-6-13(14)8-9-7-12(13)11-5-3-4-10(9)11/h9-12,14H,3-5,7-8H2,1H3. The van der Waals surface area contributed by atoms with Gasteiger partial charge >= 0.3 is 0 Å². The van der Waals surface area contributed by atoms with Crippen LogP contribution in [0.15, 0.2) is 0 Å². The van der Waals surface area contributed by atoms with Crippen molar-refractivity contribution in [3.63, 3.8) is 0 Å². The van der Waals surface area contributed by atoms with E-state index in [-0.39, 0.29) is 0 Å². The first-order chi connectivity index (χ1) is 6.74. The lowest BCUT2D eigenvalue weighted by atomic mass is 9.73. The van der Waals surface area contributed by atoms with E-state index in [1.807, 2.05) is 6.92 Å². The van der Waals surface area contributed by atoms with Crippen LogP contribution in [0.5, 0.6) is 0 Å². The first-order valence-corrected chi connectivity index (χ1v) is 5.91. The molecule has 3 aliphatic carbocycles. The Kier molecular flexibility index (Phi) is 1.74. The predicted octanol–water partition coefficient (Wildman–Crippen LogP) is 2.20. The number of aliphatic hydroxyl groups is 1. The average molecular weight is 190 g/mol. The van der Waals surface area contributed by atoms with Gasteiger partial charge in [0.25, 0.3) is 0 Å². The van der Waals surface area contributed by atoms with Gasteiger partial charge in [0.1, 0.15) is 5.60 Å². The Bertz CT molecular complexity index is 311. The molecule has 0 aliphatic heterocycles. The van der Waals surface area contributed by atoms with Crippen LogP contribution in [0.25, 0.3) is 0 Å². The first kappa shape index (κ1) is 8.80. The minimum absolute atomic E-state index is 0.507. The van der Waals surface area contributed by atoms with E-state index in [1.54, 1.807) is 0 Å². The number of hydrogen-bond acceptors (Lipinski definition) is 1. The van der Waals surface area contributed by atoms with E-state index in [0.29, 0.717) is 5.92 Å². The van der Waals surface area contributed by atoms with E-state index in [4.69, 9.17) is 0 Å². The van der Waals surface area contributed by atoms with E-state index in [2.05, 4.69) is 11.8 Å². The fourth-order valence-electron chi connectivity index (χ4n) is 4.47. The fourth-order valence-corrected chi connectivity index (χ4v) is 4.47. The quantitative estimate of drug-likeness (QED) is 0.581. The van der Waals surface area contributed by atoms with Crippen molar-refractivity contribution < 1.29 is 5.11 Å². The Morgan fingerprint density at radius 2 is 2.07 bits per heavy atom. The van der Waals surface area contributed by atoms with Crippen LogP contribution in [-0.2, 0) is 0 Å². The van der Waals surface area contributed by atoms with E-state index in [9.17, 15) is 5.11 Å². The molecule has 3 saturated carbocycles. The maximum absolute atomic E-state index is 10.5. The SMILES string of the molecule is CC#CC1(O)CC2CC1C1CCCC21. The molecule has 5 unspecified atom stereocenters. The molecule has 2 bridgehead atoms. The van der Waals surface area contributed by atoms with Gasteiger partial charge in [-0.15, -0.1) is 5.92 Å². The van der Waals surface area contributed by atoms with Crippen LogP contribution in [0.2, 0.25) is 0 Å². The molecule has 0 saturated heterocycles. The molecule has 0 aromatic rings. The molecule has 0 aromatic carbocycles. The Balaban J connectivity index is 1.92. The molecular formula is C13H18O. The molecule has 3 rings (SSSR count). The zero-order valence-corrected chi connectivity index (χ0v) is 8.79. The largest absolute Gasteiger partial charge is 0.377 e. The summed E-state index contributed by atoms with van der Waals surface area (Å²) in [7, 11) is 0. The topological polar surface area (TPSA) is 20.2 Å². The van der Waals surface area contributed by atoms with Crippen molar-refractivity contribution >= 4 is 0 Å². The van der Waals surface area contributed by atoms with Crippen LogP contribution in [0.1, 0.15) is 39.0 Å². The molecule has 3 fully saturated rings. The summed E-state index contributed by atoms with van der Waals surface area (Å²) in [5.41, 5.74) is -0.606. The molecule has 1 nitrogen and oxygen atoms in total. The van der Waals surface area contributed by atoms with Crippen LogP contribution in [0.3, 0.4) is 0 Å². The lowest BCUT2D eigenvalue weighted by molar-refractivity contribution is 0.00410. The van der Waals surface area contributed by atoms with Crippen molar-refractivity contribution in [2.24, 2.45) is 23.7 Å². The van der Waals surface area contributed by atoms with E-state index >= 15 is 0 Å². The normalized spacial score (nSPS) is 54.1. The third kappa shape index (κ3) is 0.956. The van der Waals surface area contributed by atoms with Gasteiger partial charge in [-0.3, -0.25) is 0 Å². The minimum atomic E-state index is -0.606. The summed E-state index contributed by atoms with van der Waals surface area (Å²) in [5, 5.41) is 10.5. The minimum Gasteiger partial charge on any atom is -0.377 e. The van der Waals surface area contributed by atoms with Crippen molar-refractivity contribution in [2.75, 3.05) is 0 Å². The maximum atomic E-state index is 10.5. The lowest BCUT2D eigenvalue weighted by Crippen LogP contribution is -2.40. The van der Waals surface area contributed by atoms with Crippen LogP contribution < -0.4 is 0 Å². The van der Waals surface area contributed by atoms with Crippen LogP contribution >= 0.6 is 0 Å². The molecular weight excluding hydrogens is 172 g/mol. The molecule has 1 N–H and O–H groups in total. The molecule has 0 aromatic heterocycles. The number of hydrogen-bond donors (Lipinski definition) is 1. The Labute approximate surface area is 85.9 Å². The molecule has 0 heterocycles. The lowest BCUT2D eigenvalue weighted by Gasteiger charge is -2.35. The zero-order chi connectivity index (χ0) is 9.76. The predicted molar refractivity (Wildman–Crippen MR) is 55.4 cm³/mol. The summed E-state index contributed by atoms with van der Waals surface area (Å²) in [5.74, 6) is 9.03. The summed E-state index contributed by atoms with van der Waals surface area (Å²) in [6, 6.07) is 0. The van der Waals surface area contributed by atoms with Crippen molar-refractivity contribution in [1.29, 1.82) is 0 Å². The molecule has 0 radical (unpaired) electrons. The third-order valence-corrected chi connectivity index (χ3v) is 4.83. The van der Waals surface area contributed by atoms with Crippen molar-refractivity contribution in [1.82, 2.24) is 0 Å². The summed E-state index contributed by atoms with van der Waals surface area (Å²) in [4.78, 5) is 0. The summed E-state index contributed by atoms with van der Waals surface area (Å²) >= 11 is 0. The molecule has 3 aliphatic rings. The molecule has 14 heavy (non-hydrogen) atoms. The summed E-state index contributed by atoms with van der Waals surface area (Å²) < 4.78 is 0. The van der Waals surface area contributed by atoms with Gasteiger partial charge < -0.3 is 5.11 Å². The fraction of sp³-hybridized carbons (Fsp3) is 0.846. The smallest absolute Gasteiger partial charge is 0.128 e. The molecule has 5 atom stereocenters. The van der Waals surface area contributed by atoms with Gasteiger partial charge in [-0.25, -0.2) is 0 Å². The van der Waals surface area contributed by atoms with Gasteiger partial charge in [-0.1, -0.05) is 12.3 Å². The highest BCUT2D eigenvalue weighted by atomic mass is 16.3. The number of rotatable bonds is 0. The Morgan fingerprint density at radius 3 is 2.86 bits per heavy atom. The first-order valence-electron chi connectivity index (χ1n) is 5.91. The molecule has 0 amide bonds. The zero-order valence-electron chi connectivity index (χ0n) is 8.79. The maximum Gasteiger partial charge on any atom is 0.128 e. The van der Waals surface area contributed by atoms with Gasteiger partial charge in [0.2, 0.25) is 0 Å². The Morgan fingerprint density at radius 1 is 1.29 bits per heavy atom. The molecule has 0 spiro atoms. The van der Waals surface area contributed by atoms with Gasteiger partial charge in [0.15, 0.2) is 0 Å². The van der Waals surface area contributed by atoms with Crippen molar-refractivity contribution in [2.45, 2.75) is 44.6 Å². The molecule has 76 valence electrons. The van der Waals surface area contributed by atoms with Crippen molar-refractivity contribution in [3.05, 3.63) is 0 Å². The number of fused-ring (bicyclic) bond motifs is 5. The van der Waals surface area contributed by atoms with Gasteiger partial charge in [0.05, 0.1) is 0 Å². The van der Waals surface area contributed by atoms with E-state index < -0.39 is 5.60 Å². The highest BCUT2D eigenvalue weighted by molar-refractivity contribution is 5.23. The highest BCUT2D eigenvalue weighted by Crippen LogP contribution is 2.62. The highest BCUT2D eigenvalue weighted by Gasteiger charge is 2.59. The molecule has 1 heteroatoms. The van der Waals surface area contributed by atoms with Gasteiger partial charge in [-0.05, 0) is 50.4 Å². The average Bonchev–Trinajstić information content (AvgIpc) is 2.72. The van der Waals surface area contributed by atoms with Crippen molar-refractivity contribution in [3.8, 4) is 11.8 Å². The second kappa shape index (κ2) is 2.76. The summed E-state index contributed by atoms with van der Waals surface area (Å²) in [6.45, 7) is 1.84. The van der Waals surface area contributed by atoms with Crippen LogP contribution in [-0.4, -0.2) is 10.7 Å². The summed E-state index contributed by atoms with van der Waals surface area (Å²) in [6.07, 6.45) is 6.36. The second-order valence-corrected chi connectivity index (χ2v) is 5.36. The van der Waals surface area contributed by atoms with Gasteiger partial charge in [-0.2, -0.15) is 0 Å². The third-order valence-electron chi connectivity index (χ3n) is 4.83. The van der Waals surface area contributed by atoms with Crippen LogP contribution in [0.4, 0.5) is 0 Å². The van der Waals surface area contributed by atoms with Crippen LogP contribution in [0, 0.1) is 35.5 Å². The van der Waals surface area contributed by atoms with E-state index in [0.717, 1.165) is 24.2 Å². The Hall–Kier alpha value is -0.480. The van der Waals surface area contributed by atoms with E-state index in [1.165, 1.54) is 25.7 Å². The van der Waals surface area contributed by atoms with Gasteiger partial charge in [0, 0.05) is 5.92 Å².